The van der Waals surface area contributed by atoms with Gasteiger partial charge in [0.15, 0.2) is 0 Å². The van der Waals surface area contributed by atoms with Crippen molar-refractivity contribution in [2.24, 2.45) is 5.73 Å². The number of ether oxygens (including phenoxy) is 1. The summed E-state index contributed by atoms with van der Waals surface area (Å²) >= 11 is 0. The molecule has 1 aromatic carbocycles. The second kappa shape index (κ2) is 5.46. The minimum absolute atomic E-state index is 0.0458. The van der Waals surface area contributed by atoms with Crippen molar-refractivity contribution in [2.45, 2.75) is 12.7 Å². The van der Waals surface area contributed by atoms with Crippen molar-refractivity contribution in [3.8, 4) is 11.6 Å². The number of hydrogen-bond donors (Lipinski definition) is 1. The fraction of sp³-hybridized carbons (Fsp3) is 0.154. The first-order valence-corrected chi connectivity index (χ1v) is 5.61. The Morgan fingerprint density at radius 3 is 2.50 bits per heavy atom. The summed E-state index contributed by atoms with van der Waals surface area (Å²) in [5.41, 5.74) is 4.62. The number of nitrogens with zero attached hydrogens (tertiary/aromatic N) is 1. The summed E-state index contributed by atoms with van der Waals surface area (Å²) in [6.07, 6.45) is -4.59. The molecule has 2 N–H and O–H groups in total. The largest absolute Gasteiger partial charge is 0.439 e. The van der Waals surface area contributed by atoms with Crippen LogP contribution in [-0.4, -0.2) is 4.98 Å². The van der Waals surface area contributed by atoms with Crippen LogP contribution in [0.1, 0.15) is 11.3 Å². The fourth-order valence-electron chi connectivity index (χ4n) is 1.51. The maximum Gasteiger partial charge on any atom is 0.433 e. The molecule has 1 aromatic heterocycles. The summed E-state index contributed by atoms with van der Waals surface area (Å²) in [6, 6.07) is 7.02. The van der Waals surface area contributed by atoms with E-state index in [0.717, 1.165) is 12.1 Å². The van der Waals surface area contributed by atoms with Crippen molar-refractivity contribution >= 4 is 0 Å². The third kappa shape index (κ3) is 3.24. The Morgan fingerprint density at radius 2 is 1.90 bits per heavy atom. The van der Waals surface area contributed by atoms with E-state index in [0.29, 0.717) is 5.56 Å². The summed E-state index contributed by atoms with van der Waals surface area (Å²) in [5.74, 6) is -0.803. The molecule has 0 bridgehead atoms. The Kier molecular flexibility index (Phi) is 3.89. The van der Waals surface area contributed by atoms with Gasteiger partial charge in [0, 0.05) is 18.2 Å². The molecular formula is C13H10F4N2O. The molecule has 1 heterocycles. The first-order chi connectivity index (χ1) is 9.40. The minimum Gasteiger partial charge on any atom is -0.439 e. The normalized spacial score (nSPS) is 11.4. The van der Waals surface area contributed by atoms with Gasteiger partial charge in [0.2, 0.25) is 5.88 Å². The lowest BCUT2D eigenvalue weighted by molar-refractivity contribution is -0.141. The Bertz CT molecular complexity index is 614. The summed E-state index contributed by atoms with van der Waals surface area (Å²) < 4.78 is 56.0. The lowest BCUT2D eigenvalue weighted by atomic mass is 10.2. The maximum absolute atomic E-state index is 13.0. The Morgan fingerprint density at radius 1 is 1.15 bits per heavy atom. The molecule has 0 aliphatic rings. The number of rotatable bonds is 3. The van der Waals surface area contributed by atoms with Gasteiger partial charge in [0.05, 0.1) is 0 Å². The standard InChI is InChI=1S/C13H10F4N2O/c14-9-2-1-3-10(6-9)20-12-8(7-18)4-5-11(19-12)13(15,16)17/h1-6H,7,18H2. The number of nitrogens with two attached hydrogens (primary N) is 1. The zero-order valence-corrected chi connectivity index (χ0v) is 10.1. The average Bonchev–Trinajstić information content (AvgIpc) is 2.37. The highest BCUT2D eigenvalue weighted by atomic mass is 19.4. The van der Waals surface area contributed by atoms with Gasteiger partial charge in [0.1, 0.15) is 17.3 Å². The molecule has 2 aromatic rings. The first-order valence-electron chi connectivity index (χ1n) is 5.61. The van der Waals surface area contributed by atoms with Crippen LogP contribution in [0.15, 0.2) is 36.4 Å². The van der Waals surface area contributed by atoms with Gasteiger partial charge in [-0.2, -0.15) is 13.2 Å². The molecule has 0 aliphatic heterocycles. The fourth-order valence-corrected chi connectivity index (χ4v) is 1.51. The molecule has 0 fully saturated rings. The van der Waals surface area contributed by atoms with Crippen LogP contribution in [0.3, 0.4) is 0 Å². The molecule has 0 spiro atoms. The van der Waals surface area contributed by atoms with Crippen LogP contribution < -0.4 is 10.5 Å². The van der Waals surface area contributed by atoms with Gasteiger partial charge >= 0.3 is 6.18 Å². The van der Waals surface area contributed by atoms with Gasteiger partial charge in [0.25, 0.3) is 0 Å². The highest BCUT2D eigenvalue weighted by molar-refractivity contribution is 5.34. The zero-order chi connectivity index (χ0) is 14.8. The third-order valence-electron chi connectivity index (χ3n) is 2.46. The third-order valence-corrected chi connectivity index (χ3v) is 2.46. The molecule has 0 amide bonds. The van der Waals surface area contributed by atoms with E-state index in [1.807, 2.05) is 0 Å². The molecule has 0 saturated carbocycles. The first kappa shape index (κ1) is 14.3. The van der Waals surface area contributed by atoms with Gasteiger partial charge < -0.3 is 10.5 Å². The number of hydrogen-bond acceptors (Lipinski definition) is 3. The molecule has 0 unspecified atom stereocenters. The van der Waals surface area contributed by atoms with Crippen LogP contribution in [0, 0.1) is 5.82 Å². The van der Waals surface area contributed by atoms with E-state index in [4.69, 9.17) is 10.5 Å². The van der Waals surface area contributed by atoms with Crippen molar-refractivity contribution in [3.63, 3.8) is 0 Å². The number of alkyl halides is 3. The predicted octanol–water partition coefficient (Wildman–Crippen LogP) is 3.49. The average molecular weight is 286 g/mol. The second-order valence-corrected chi connectivity index (χ2v) is 3.92. The van der Waals surface area contributed by atoms with Gasteiger partial charge in [-0.15, -0.1) is 0 Å². The quantitative estimate of drug-likeness (QED) is 0.879. The number of benzene rings is 1. The van der Waals surface area contributed by atoms with Gasteiger partial charge in [-0.3, -0.25) is 0 Å². The molecule has 0 radical (unpaired) electrons. The van der Waals surface area contributed by atoms with Crippen molar-refractivity contribution < 1.29 is 22.3 Å². The maximum atomic E-state index is 13.0. The summed E-state index contributed by atoms with van der Waals surface area (Å²) in [4.78, 5) is 3.39. The summed E-state index contributed by atoms with van der Waals surface area (Å²) in [5, 5.41) is 0. The molecule has 3 nitrogen and oxygen atoms in total. The Hall–Kier alpha value is -2.15. The molecule has 2 rings (SSSR count). The van der Waals surface area contributed by atoms with E-state index >= 15 is 0 Å². The summed E-state index contributed by atoms with van der Waals surface area (Å²) in [6.45, 7) is -0.0458. The number of halogens is 4. The van der Waals surface area contributed by atoms with Crippen LogP contribution in [-0.2, 0) is 12.7 Å². The van der Waals surface area contributed by atoms with E-state index in [1.54, 1.807) is 0 Å². The van der Waals surface area contributed by atoms with Gasteiger partial charge in [-0.1, -0.05) is 12.1 Å². The predicted molar refractivity (Wildman–Crippen MR) is 63.6 cm³/mol. The smallest absolute Gasteiger partial charge is 0.433 e. The lowest BCUT2D eigenvalue weighted by Crippen LogP contribution is -2.10. The van der Waals surface area contributed by atoms with Crippen LogP contribution >= 0.6 is 0 Å². The van der Waals surface area contributed by atoms with Crippen LogP contribution in [0.2, 0.25) is 0 Å². The van der Waals surface area contributed by atoms with E-state index in [1.165, 1.54) is 24.3 Å². The van der Waals surface area contributed by atoms with E-state index in [-0.39, 0.29) is 18.2 Å². The van der Waals surface area contributed by atoms with E-state index < -0.39 is 17.7 Å². The minimum atomic E-state index is -4.59. The monoisotopic (exact) mass is 286 g/mol. The lowest BCUT2D eigenvalue weighted by Gasteiger charge is -2.12. The topological polar surface area (TPSA) is 48.1 Å². The second-order valence-electron chi connectivity index (χ2n) is 3.92. The molecule has 106 valence electrons. The van der Waals surface area contributed by atoms with E-state index in [9.17, 15) is 17.6 Å². The Labute approximate surface area is 112 Å². The van der Waals surface area contributed by atoms with Crippen LogP contribution in [0.4, 0.5) is 17.6 Å². The molecular weight excluding hydrogens is 276 g/mol. The highest BCUT2D eigenvalue weighted by Gasteiger charge is 2.33. The van der Waals surface area contributed by atoms with Crippen molar-refractivity contribution in [1.82, 2.24) is 4.98 Å². The van der Waals surface area contributed by atoms with Crippen molar-refractivity contribution in [2.75, 3.05) is 0 Å². The van der Waals surface area contributed by atoms with Gasteiger partial charge in [-0.05, 0) is 18.2 Å². The molecule has 0 atom stereocenters. The molecule has 0 saturated heterocycles. The highest BCUT2D eigenvalue weighted by Crippen LogP contribution is 2.31. The molecule has 7 heteroatoms. The van der Waals surface area contributed by atoms with Crippen molar-refractivity contribution in [1.29, 1.82) is 0 Å². The van der Waals surface area contributed by atoms with Crippen LogP contribution in [0.25, 0.3) is 0 Å². The van der Waals surface area contributed by atoms with Gasteiger partial charge in [-0.25, -0.2) is 9.37 Å². The summed E-state index contributed by atoms with van der Waals surface area (Å²) in [7, 11) is 0. The number of pyridine rings is 1. The number of aromatic nitrogens is 1. The molecule has 20 heavy (non-hydrogen) atoms. The van der Waals surface area contributed by atoms with Crippen LogP contribution in [0.5, 0.6) is 11.6 Å². The zero-order valence-electron chi connectivity index (χ0n) is 10.1. The molecule has 0 aliphatic carbocycles. The van der Waals surface area contributed by atoms with E-state index in [2.05, 4.69) is 4.98 Å². The van der Waals surface area contributed by atoms with Crippen molar-refractivity contribution in [3.05, 3.63) is 53.5 Å². The SMILES string of the molecule is NCc1ccc(C(F)(F)F)nc1Oc1cccc(F)c1. The Balaban J connectivity index is 2.38.